The van der Waals surface area contributed by atoms with E-state index >= 15 is 0 Å². The lowest BCUT2D eigenvalue weighted by Crippen LogP contribution is -2.09. The second-order valence-corrected chi connectivity index (χ2v) is 6.81. The van der Waals surface area contributed by atoms with Gasteiger partial charge in [0.25, 0.3) is 0 Å². The van der Waals surface area contributed by atoms with Gasteiger partial charge in [0, 0.05) is 22.7 Å². The van der Waals surface area contributed by atoms with E-state index in [0.717, 1.165) is 24.2 Å². The van der Waals surface area contributed by atoms with Crippen molar-refractivity contribution in [1.82, 2.24) is 0 Å². The third kappa shape index (κ3) is 3.80. The summed E-state index contributed by atoms with van der Waals surface area (Å²) >= 11 is 10.2. The lowest BCUT2D eigenvalue weighted by atomic mass is 10.2. The van der Waals surface area contributed by atoms with Gasteiger partial charge in [-0.2, -0.15) is 0 Å². The van der Waals surface area contributed by atoms with Gasteiger partial charge in [-0.25, -0.2) is 0 Å². The number of hydrogen-bond donors (Lipinski definition) is 2. The number of nitrogens with one attached hydrogen (secondary N) is 1. The Morgan fingerprint density at radius 3 is 2.50 bits per heavy atom. The molecule has 0 saturated carbocycles. The predicted octanol–water partition coefficient (Wildman–Crippen LogP) is 3.80. The topological polar surface area (TPSA) is 38.0 Å². The summed E-state index contributed by atoms with van der Waals surface area (Å²) < 4.78 is 1.18. The number of anilines is 1. The van der Waals surface area contributed by atoms with Crippen molar-refractivity contribution in [3.8, 4) is 0 Å². The summed E-state index contributed by atoms with van der Waals surface area (Å²) in [5.41, 5.74) is 7.54. The Morgan fingerprint density at radius 1 is 1.22 bits per heavy atom. The molecule has 1 heterocycles. The molecule has 0 radical (unpaired) electrons. The summed E-state index contributed by atoms with van der Waals surface area (Å²) in [5, 5.41) is 3.38. The first kappa shape index (κ1) is 13.5. The largest absolute Gasteiger partial charge is 0.389 e. The van der Waals surface area contributed by atoms with Crippen LogP contribution in [-0.2, 0) is 6.42 Å². The van der Waals surface area contributed by atoms with Gasteiger partial charge in [-0.3, -0.25) is 0 Å². The minimum absolute atomic E-state index is 0.435. The van der Waals surface area contributed by atoms with Crippen LogP contribution in [0.15, 0.2) is 40.2 Å². The number of halogens is 1. The Labute approximate surface area is 124 Å². The van der Waals surface area contributed by atoms with Crippen LogP contribution in [0.1, 0.15) is 10.4 Å². The lowest BCUT2D eigenvalue weighted by Gasteiger charge is -2.06. The molecule has 1 aromatic carbocycles. The fourth-order valence-electron chi connectivity index (χ4n) is 1.57. The third-order valence-corrected chi connectivity index (χ3v) is 4.42. The average molecular weight is 341 g/mol. The Kier molecular flexibility index (Phi) is 4.74. The maximum atomic E-state index is 5.55. The van der Waals surface area contributed by atoms with Crippen LogP contribution in [-0.4, -0.2) is 11.5 Å². The second kappa shape index (κ2) is 6.31. The van der Waals surface area contributed by atoms with Gasteiger partial charge in [0.1, 0.15) is 4.99 Å². The van der Waals surface area contributed by atoms with Gasteiger partial charge in [0.15, 0.2) is 0 Å². The molecule has 2 aromatic rings. The molecule has 5 heteroatoms. The Bertz CT molecular complexity index is 534. The summed E-state index contributed by atoms with van der Waals surface area (Å²) in [6, 6.07) is 12.1. The van der Waals surface area contributed by atoms with E-state index in [2.05, 4.69) is 33.4 Å². The summed E-state index contributed by atoms with van der Waals surface area (Å²) in [6.07, 6.45) is 1.02. The molecule has 2 nitrogen and oxygen atoms in total. The first-order chi connectivity index (χ1) is 8.65. The molecular weight excluding hydrogens is 328 g/mol. The summed E-state index contributed by atoms with van der Waals surface area (Å²) in [6.45, 7) is 0.916. The zero-order chi connectivity index (χ0) is 13.0. The fraction of sp³-hybridized carbons (Fsp3) is 0.154. The minimum Gasteiger partial charge on any atom is -0.389 e. The molecule has 94 valence electrons. The average Bonchev–Trinajstić information content (AvgIpc) is 2.76. The van der Waals surface area contributed by atoms with Crippen LogP contribution in [0.3, 0.4) is 0 Å². The molecule has 0 unspecified atom stereocenters. The summed E-state index contributed by atoms with van der Waals surface area (Å²) in [5.74, 6) is 0. The van der Waals surface area contributed by atoms with Gasteiger partial charge < -0.3 is 11.1 Å². The molecule has 0 spiro atoms. The third-order valence-electron chi connectivity index (χ3n) is 2.50. The van der Waals surface area contributed by atoms with Crippen LogP contribution in [0.25, 0.3) is 0 Å². The highest BCUT2D eigenvalue weighted by Gasteiger charge is 1.99. The molecule has 0 amide bonds. The van der Waals surface area contributed by atoms with Crippen molar-refractivity contribution in [1.29, 1.82) is 0 Å². The SMILES string of the molecule is NC(=S)c1ccc(NCCc2ccc(Br)s2)cc1. The normalized spacial score (nSPS) is 10.3. The molecule has 0 bridgehead atoms. The quantitative estimate of drug-likeness (QED) is 0.813. The maximum Gasteiger partial charge on any atom is 0.103 e. The fourth-order valence-corrected chi connectivity index (χ4v) is 3.19. The monoisotopic (exact) mass is 340 g/mol. The van der Waals surface area contributed by atoms with Gasteiger partial charge in [0.2, 0.25) is 0 Å². The molecule has 18 heavy (non-hydrogen) atoms. The second-order valence-electron chi connectivity index (χ2n) is 3.82. The van der Waals surface area contributed by atoms with E-state index in [1.165, 1.54) is 8.66 Å². The van der Waals surface area contributed by atoms with E-state index < -0.39 is 0 Å². The van der Waals surface area contributed by atoms with E-state index in [1.807, 2.05) is 24.3 Å². The highest BCUT2D eigenvalue weighted by atomic mass is 79.9. The standard InChI is InChI=1S/C13H13BrN2S2/c14-12-6-5-11(18-12)7-8-16-10-3-1-9(2-4-10)13(15)17/h1-6,16H,7-8H2,(H2,15,17). The molecule has 0 aliphatic rings. The van der Waals surface area contributed by atoms with Gasteiger partial charge >= 0.3 is 0 Å². The number of thiophene rings is 1. The molecule has 0 aliphatic heterocycles. The number of hydrogen-bond acceptors (Lipinski definition) is 3. The molecule has 0 fully saturated rings. The van der Waals surface area contributed by atoms with Crippen molar-refractivity contribution in [3.63, 3.8) is 0 Å². The van der Waals surface area contributed by atoms with Crippen molar-refractivity contribution in [3.05, 3.63) is 50.6 Å². The number of nitrogens with two attached hydrogens (primary N) is 1. The van der Waals surface area contributed by atoms with Crippen molar-refractivity contribution in [2.75, 3.05) is 11.9 Å². The number of thiocarbonyl (C=S) groups is 1. The van der Waals surface area contributed by atoms with E-state index in [9.17, 15) is 0 Å². The molecule has 0 aliphatic carbocycles. The van der Waals surface area contributed by atoms with E-state index in [-0.39, 0.29) is 0 Å². The van der Waals surface area contributed by atoms with Gasteiger partial charge in [-0.05, 0) is 58.7 Å². The Hall–Kier alpha value is -0.910. The Balaban J connectivity index is 1.85. The van der Waals surface area contributed by atoms with E-state index in [4.69, 9.17) is 18.0 Å². The smallest absolute Gasteiger partial charge is 0.103 e. The molecule has 3 N–H and O–H groups in total. The van der Waals surface area contributed by atoms with Crippen molar-refractivity contribution in [2.24, 2.45) is 5.73 Å². The molecular formula is C13H13BrN2S2. The first-order valence-electron chi connectivity index (χ1n) is 5.53. The van der Waals surface area contributed by atoms with Crippen LogP contribution in [0.2, 0.25) is 0 Å². The predicted molar refractivity (Wildman–Crippen MR) is 86.5 cm³/mol. The van der Waals surface area contributed by atoms with Crippen LogP contribution >= 0.6 is 39.5 Å². The van der Waals surface area contributed by atoms with Gasteiger partial charge in [-0.1, -0.05) is 12.2 Å². The highest BCUT2D eigenvalue weighted by Crippen LogP contribution is 2.22. The van der Waals surface area contributed by atoms with Crippen LogP contribution in [0, 0.1) is 0 Å². The summed E-state index contributed by atoms with van der Waals surface area (Å²) in [4.78, 5) is 1.80. The van der Waals surface area contributed by atoms with Gasteiger partial charge in [0.05, 0.1) is 3.79 Å². The van der Waals surface area contributed by atoms with E-state index in [0.29, 0.717) is 4.99 Å². The first-order valence-corrected chi connectivity index (χ1v) is 7.55. The van der Waals surface area contributed by atoms with Crippen LogP contribution in [0.5, 0.6) is 0 Å². The summed E-state index contributed by atoms with van der Waals surface area (Å²) in [7, 11) is 0. The zero-order valence-electron chi connectivity index (χ0n) is 9.65. The zero-order valence-corrected chi connectivity index (χ0v) is 12.9. The molecule has 2 rings (SSSR count). The van der Waals surface area contributed by atoms with Crippen LogP contribution in [0.4, 0.5) is 5.69 Å². The maximum absolute atomic E-state index is 5.55. The van der Waals surface area contributed by atoms with E-state index in [1.54, 1.807) is 11.3 Å². The molecule has 1 aromatic heterocycles. The highest BCUT2D eigenvalue weighted by molar-refractivity contribution is 9.11. The van der Waals surface area contributed by atoms with Crippen LogP contribution < -0.4 is 11.1 Å². The van der Waals surface area contributed by atoms with Crippen molar-refractivity contribution < 1.29 is 0 Å². The molecule has 0 saturated heterocycles. The Morgan fingerprint density at radius 2 is 1.94 bits per heavy atom. The van der Waals surface area contributed by atoms with Crippen molar-refractivity contribution >= 4 is 50.2 Å². The number of rotatable bonds is 5. The number of benzene rings is 1. The van der Waals surface area contributed by atoms with Gasteiger partial charge in [-0.15, -0.1) is 11.3 Å². The minimum atomic E-state index is 0.435. The lowest BCUT2D eigenvalue weighted by molar-refractivity contribution is 1.04. The van der Waals surface area contributed by atoms with Crippen molar-refractivity contribution in [2.45, 2.75) is 6.42 Å². The molecule has 0 atom stereocenters.